The summed E-state index contributed by atoms with van der Waals surface area (Å²) in [5.41, 5.74) is 4.27. The van der Waals surface area contributed by atoms with Crippen molar-refractivity contribution in [3.8, 4) is 0 Å². The first-order valence-electron chi connectivity index (χ1n) is 4.60. The predicted octanol–water partition coefficient (Wildman–Crippen LogP) is 2.21. The van der Waals surface area contributed by atoms with E-state index >= 15 is 0 Å². The maximum Gasteiger partial charge on any atom is 0.0383 e. The fraction of sp³-hybridized carbons (Fsp3) is 0.364. The van der Waals surface area contributed by atoms with Gasteiger partial charge in [0.05, 0.1) is 0 Å². The fourth-order valence-corrected chi connectivity index (χ4v) is 0.967. The van der Waals surface area contributed by atoms with E-state index in [0.717, 1.165) is 6.42 Å². The van der Waals surface area contributed by atoms with E-state index in [1.54, 1.807) is 0 Å². The third-order valence-electron chi connectivity index (χ3n) is 1.59. The van der Waals surface area contributed by atoms with Gasteiger partial charge in [-0.3, -0.25) is 0 Å². The number of nitrogens with zero attached hydrogens (tertiary/aromatic N) is 1. The first-order valence-corrected chi connectivity index (χ1v) is 4.60. The van der Waals surface area contributed by atoms with Gasteiger partial charge in [0.25, 0.3) is 0 Å². The Morgan fingerprint density at radius 1 is 1.31 bits per heavy atom. The molecule has 0 aliphatic heterocycles. The van der Waals surface area contributed by atoms with Gasteiger partial charge in [0.2, 0.25) is 0 Å². The van der Waals surface area contributed by atoms with Crippen molar-refractivity contribution in [3.63, 3.8) is 0 Å². The molecular formula is C11H16N2. The number of benzene rings is 1. The molecule has 1 aromatic rings. The molecule has 0 bridgehead atoms. The van der Waals surface area contributed by atoms with Gasteiger partial charge >= 0.3 is 0 Å². The maximum absolute atomic E-state index is 4.09. The van der Waals surface area contributed by atoms with Crippen LogP contribution in [0.15, 0.2) is 35.4 Å². The van der Waals surface area contributed by atoms with Crippen molar-refractivity contribution >= 4 is 6.21 Å². The molecule has 2 nitrogen and oxygen atoms in total. The van der Waals surface area contributed by atoms with E-state index in [9.17, 15) is 0 Å². The van der Waals surface area contributed by atoms with Crippen LogP contribution >= 0.6 is 0 Å². The summed E-state index contributed by atoms with van der Waals surface area (Å²) in [4.78, 5) is 0. The Hall–Kier alpha value is -1.31. The molecule has 13 heavy (non-hydrogen) atoms. The number of hydrazone groups is 1. The summed E-state index contributed by atoms with van der Waals surface area (Å²) in [6.45, 7) is 4.14. The first-order chi connectivity index (χ1) is 6.29. The van der Waals surface area contributed by atoms with Gasteiger partial charge in [0.1, 0.15) is 0 Å². The fourth-order valence-electron chi connectivity index (χ4n) is 0.967. The Balaban J connectivity index is 2.31. The van der Waals surface area contributed by atoms with Crippen molar-refractivity contribution in [2.45, 2.75) is 26.3 Å². The molecule has 1 aromatic carbocycles. The molecule has 0 amide bonds. The van der Waals surface area contributed by atoms with Crippen LogP contribution in [0.3, 0.4) is 0 Å². The first kappa shape index (κ1) is 9.78. The average Bonchev–Trinajstić information content (AvgIpc) is 2.14. The molecule has 0 unspecified atom stereocenters. The highest BCUT2D eigenvalue weighted by atomic mass is 15.3. The minimum absolute atomic E-state index is 0.409. The second kappa shape index (κ2) is 5.36. The number of hydrogen-bond acceptors (Lipinski definition) is 2. The van der Waals surface area contributed by atoms with E-state index in [0.29, 0.717) is 6.04 Å². The molecule has 0 spiro atoms. The van der Waals surface area contributed by atoms with Crippen LogP contribution in [0.25, 0.3) is 0 Å². The lowest BCUT2D eigenvalue weighted by molar-refractivity contribution is 0.622. The van der Waals surface area contributed by atoms with Crippen molar-refractivity contribution in [1.82, 2.24) is 5.43 Å². The summed E-state index contributed by atoms with van der Waals surface area (Å²) in [5, 5.41) is 4.09. The molecule has 0 heterocycles. The zero-order valence-electron chi connectivity index (χ0n) is 8.20. The van der Waals surface area contributed by atoms with Crippen molar-refractivity contribution in [2.75, 3.05) is 0 Å². The number of hydrogen-bond donors (Lipinski definition) is 1. The Morgan fingerprint density at radius 3 is 2.62 bits per heavy atom. The lowest BCUT2D eigenvalue weighted by Crippen LogP contribution is -2.15. The third kappa shape index (κ3) is 4.31. The lowest BCUT2D eigenvalue weighted by Gasteiger charge is -2.01. The Kier molecular flexibility index (Phi) is 4.03. The highest BCUT2D eigenvalue weighted by Gasteiger charge is 1.87. The zero-order chi connectivity index (χ0) is 9.52. The van der Waals surface area contributed by atoms with Crippen molar-refractivity contribution in [3.05, 3.63) is 35.9 Å². The molecule has 0 saturated heterocycles. The topological polar surface area (TPSA) is 24.4 Å². The van der Waals surface area contributed by atoms with E-state index in [4.69, 9.17) is 0 Å². The molecule has 0 aromatic heterocycles. The second-order valence-electron chi connectivity index (χ2n) is 3.29. The molecule has 0 atom stereocenters. The minimum Gasteiger partial charge on any atom is -0.308 e. The average molecular weight is 176 g/mol. The second-order valence-corrected chi connectivity index (χ2v) is 3.29. The summed E-state index contributed by atoms with van der Waals surface area (Å²) < 4.78 is 0. The summed E-state index contributed by atoms with van der Waals surface area (Å²) in [6, 6.07) is 10.7. The highest BCUT2D eigenvalue weighted by Crippen LogP contribution is 1.96. The molecule has 0 aliphatic carbocycles. The van der Waals surface area contributed by atoms with Crippen molar-refractivity contribution in [2.24, 2.45) is 5.10 Å². The van der Waals surface area contributed by atoms with Crippen LogP contribution in [0.2, 0.25) is 0 Å². The molecule has 70 valence electrons. The quantitative estimate of drug-likeness (QED) is 0.552. The van der Waals surface area contributed by atoms with Gasteiger partial charge in [-0.15, -0.1) is 0 Å². The van der Waals surface area contributed by atoms with Gasteiger partial charge in [-0.25, -0.2) is 0 Å². The van der Waals surface area contributed by atoms with Crippen LogP contribution in [0.1, 0.15) is 19.4 Å². The van der Waals surface area contributed by atoms with Gasteiger partial charge in [0.15, 0.2) is 0 Å². The maximum atomic E-state index is 4.09. The molecule has 0 fully saturated rings. The lowest BCUT2D eigenvalue weighted by atomic mass is 10.2. The van der Waals surface area contributed by atoms with Crippen LogP contribution in [-0.4, -0.2) is 12.3 Å². The smallest absolute Gasteiger partial charge is 0.0383 e. The SMILES string of the molecule is CC(C)N/N=C/Cc1ccccc1. The number of nitrogens with one attached hydrogen (secondary N) is 1. The molecule has 0 saturated carbocycles. The molecule has 1 rings (SSSR count). The van der Waals surface area contributed by atoms with Crippen LogP contribution in [0.4, 0.5) is 0 Å². The normalized spacial score (nSPS) is 11.0. The molecule has 0 aliphatic rings. The monoisotopic (exact) mass is 176 g/mol. The summed E-state index contributed by atoms with van der Waals surface area (Å²) in [6.07, 6.45) is 2.79. The van der Waals surface area contributed by atoms with Crippen LogP contribution in [0.5, 0.6) is 0 Å². The van der Waals surface area contributed by atoms with Gasteiger partial charge in [0, 0.05) is 18.7 Å². The van der Waals surface area contributed by atoms with Gasteiger partial charge in [-0.2, -0.15) is 5.10 Å². The Labute approximate surface area is 79.7 Å². The largest absolute Gasteiger partial charge is 0.308 e. The molecule has 1 N–H and O–H groups in total. The highest BCUT2D eigenvalue weighted by molar-refractivity contribution is 5.60. The molecular weight excluding hydrogens is 160 g/mol. The van der Waals surface area contributed by atoms with E-state index in [1.165, 1.54) is 5.56 Å². The third-order valence-corrected chi connectivity index (χ3v) is 1.59. The molecule has 0 radical (unpaired) electrons. The predicted molar refractivity (Wildman–Crippen MR) is 56.9 cm³/mol. The van der Waals surface area contributed by atoms with E-state index in [2.05, 4.69) is 36.5 Å². The van der Waals surface area contributed by atoms with Gasteiger partial charge in [-0.05, 0) is 19.4 Å². The summed E-state index contributed by atoms with van der Waals surface area (Å²) in [7, 11) is 0. The van der Waals surface area contributed by atoms with Crippen LogP contribution < -0.4 is 5.43 Å². The zero-order valence-corrected chi connectivity index (χ0v) is 8.20. The van der Waals surface area contributed by atoms with Gasteiger partial charge in [-0.1, -0.05) is 30.3 Å². The van der Waals surface area contributed by atoms with Crippen molar-refractivity contribution < 1.29 is 0 Å². The van der Waals surface area contributed by atoms with E-state index < -0.39 is 0 Å². The standard InChI is InChI=1S/C11H16N2/c1-10(2)13-12-9-8-11-6-4-3-5-7-11/h3-7,9-10,13H,8H2,1-2H3/b12-9+. The molecule has 2 heteroatoms. The van der Waals surface area contributed by atoms with Crippen molar-refractivity contribution in [1.29, 1.82) is 0 Å². The van der Waals surface area contributed by atoms with E-state index in [-0.39, 0.29) is 0 Å². The Morgan fingerprint density at radius 2 is 2.00 bits per heavy atom. The summed E-state index contributed by atoms with van der Waals surface area (Å²) >= 11 is 0. The Bertz CT molecular complexity index is 252. The minimum atomic E-state index is 0.409. The summed E-state index contributed by atoms with van der Waals surface area (Å²) in [5.74, 6) is 0. The van der Waals surface area contributed by atoms with E-state index in [1.807, 2.05) is 24.4 Å². The van der Waals surface area contributed by atoms with Gasteiger partial charge < -0.3 is 5.43 Å². The van der Waals surface area contributed by atoms with Crippen LogP contribution in [-0.2, 0) is 6.42 Å². The number of rotatable bonds is 4. The van der Waals surface area contributed by atoms with Crippen LogP contribution in [0, 0.1) is 0 Å².